The Hall–Kier alpha value is -2.56. The van der Waals surface area contributed by atoms with Gasteiger partial charge in [-0.05, 0) is 24.3 Å². The molecule has 1 unspecified atom stereocenters. The lowest BCUT2D eigenvalue weighted by Gasteiger charge is -2.25. The monoisotopic (exact) mass is 255 g/mol. The molecule has 5 nitrogen and oxygen atoms in total. The molecule has 19 heavy (non-hydrogen) atoms. The van der Waals surface area contributed by atoms with Gasteiger partial charge < -0.3 is 15.4 Å². The molecule has 1 aromatic heterocycles. The fraction of sp³-hybridized carbons (Fsp3) is 0.143. The molecule has 2 heterocycles. The van der Waals surface area contributed by atoms with Crippen LogP contribution < -0.4 is 15.4 Å². The zero-order chi connectivity index (χ0) is 13.2. The van der Waals surface area contributed by atoms with Gasteiger partial charge in [0.1, 0.15) is 0 Å². The summed E-state index contributed by atoms with van der Waals surface area (Å²) < 4.78 is 5.73. The van der Waals surface area contributed by atoms with Gasteiger partial charge >= 0.3 is 0 Å². The Kier molecular flexibility index (Phi) is 2.79. The van der Waals surface area contributed by atoms with Crippen LogP contribution in [0, 0.1) is 0 Å². The number of anilines is 2. The first-order valence-corrected chi connectivity index (χ1v) is 5.98. The van der Waals surface area contributed by atoms with Crippen molar-refractivity contribution < 1.29 is 9.53 Å². The minimum atomic E-state index is -0.648. The molecule has 0 fully saturated rings. The van der Waals surface area contributed by atoms with Crippen LogP contribution in [0.4, 0.5) is 11.5 Å². The Labute approximate surface area is 110 Å². The minimum absolute atomic E-state index is 0.209. The molecule has 0 saturated carbocycles. The zero-order valence-corrected chi connectivity index (χ0v) is 10.4. The molecule has 0 radical (unpaired) electrons. The van der Waals surface area contributed by atoms with Gasteiger partial charge in [0.05, 0.1) is 0 Å². The largest absolute Gasteiger partial charge is 0.472 e. The van der Waals surface area contributed by atoms with Gasteiger partial charge in [0.2, 0.25) is 6.10 Å². The lowest BCUT2D eigenvalue weighted by atomic mass is 10.1. The number of carbonyl (C=O) groups excluding carboxylic acids is 1. The number of hydrogen-bond acceptors (Lipinski definition) is 4. The molecular weight excluding hydrogens is 242 g/mol. The highest BCUT2D eigenvalue weighted by Gasteiger charge is 2.29. The molecule has 0 spiro atoms. The third-order valence-corrected chi connectivity index (χ3v) is 2.97. The first-order valence-electron chi connectivity index (χ1n) is 5.98. The van der Waals surface area contributed by atoms with E-state index in [1.54, 1.807) is 18.3 Å². The molecule has 1 amide bonds. The van der Waals surface area contributed by atoms with Crippen LogP contribution in [-0.2, 0) is 4.79 Å². The normalized spacial score (nSPS) is 17.1. The highest BCUT2D eigenvalue weighted by molar-refractivity contribution is 5.97. The van der Waals surface area contributed by atoms with E-state index in [1.165, 1.54) is 0 Å². The van der Waals surface area contributed by atoms with Gasteiger partial charge in [-0.25, -0.2) is 4.98 Å². The van der Waals surface area contributed by atoms with Crippen LogP contribution in [0.15, 0.2) is 42.6 Å². The molecule has 3 rings (SSSR count). The van der Waals surface area contributed by atoms with E-state index in [2.05, 4.69) is 15.6 Å². The van der Waals surface area contributed by atoms with Crippen LogP contribution >= 0.6 is 0 Å². The number of hydrogen-bond donors (Lipinski definition) is 2. The summed E-state index contributed by atoms with van der Waals surface area (Å²) in [6.07, 6.45) is 0.967. The number of fused-ring (bicyclic) bond motifs is 1. The first kappa shape index (κ1) is 11.5. The van der Waals surface area contributed by atoms with Gasteiger partial charge in [-0.1, -0.05) is 12.1 Å². The van der Waals surface area contributed by atoms with Crippen molar-refractivity contribution in [3.8, 4) is 5.75 Å². The summed E-state index contributed by atoms with van der Waals surface area (Å²) in [6.45, 7) is 0. The zero-order valence-electron chi connectivity index (χ0n) is 10.4. The second kappa shape index (κ2) is 4.61. The van der Waals surface area contributed by atoms with Crippen LogP contribution in [-0.4, -0.2) is 17.9 Å². The van der Waals surface area contributed by atoms with Crippen molar-refractivity contribution in [2.45, 2.75) is 6.10 Å². The smallest absolute Gasteiger partial charge is 0.271 e. The Balaban J connectivity index is 1.96. The lowest BCUT2D eigenvalue weighted by molar-refractivity contribution is -0.123. The number of benzene rings is 1. The van der Waals surface area contributed by atoms with E-state index < -0.39 is 6.10 Å². The van der Waals surface area contributed by atoms with E-state index in [0.717, 1.165) is 11.3 Å². The fourth-order valence-corrected chi connectivity index (χ4v) is 2.02. The predicted molar refractivity (Wildman–Crippen MR) is 72.2 cm³/mol. The fourth-order valence-electron chi connectivity index (χ4n) is 2.02. The van der Waals surface area contributed by atoms with E-state index >= 15 is 0 Å². The maximum Gasteiger partial charge on any atom is 0.271 e. The third kappa shape index (κ3) is 2.10. The van der Waals surface area contributed by atoms with Crippen molar-refractivity contribution in [3.63, 3.8) is 0 Å². The number of nitrogens with zero attached hydrogens (tertiary/aromatic N) is 1. The van der Waals surface area contributed by atoms with Crippen molar-refractivity contribution >= 4 is 17.4 Å². The van der Waals surface area contributed by atoms with Gasteiger partial charge in [-0.2, -0.15) is 0 Å². The summed E-state index contributed by atoms with van der Waals surface area (Å²) in [4.78, 5) is 16.1. The van der Waals surface area contributed by atoms with Gasteiger partial charge in [-0.15, -0.1) is 0 Å². The van der Waals surface area contributed by atoms with Crippen LogP contribution in [0.1, 0.15) is 11.7 Å². The standard InChI is InChI=1S/C14H13N3O2/c1-15-10-5-2-4-9(8-10)12-14(18)17-13-11(19-12)6-3-7-16-13/h2-8,12,15H,1H3,(H,16,17,18). The molecule has 1 aliphatic rings. The van der Waals surface area contributed by atoms with Crippen LogP contribution in [0.25, 0.3) is 0 Å². The summed E-state index contributed by atoms with van der Waals surface area (Å²) >= 11 is 0. The number of nitrogens with one attached hydrogen (secondary N) is 2. The quantitative estimate of drug-likeness (QED) is 0.863. The van der Waals surface area contributed by atoms with Gasteiger partial charge in [-0.3, -0.25) is 4.79 Å². The summed E-state index contributed by atoms with van der Waals surface area (Å²) in [5, 5.41) is 5.79. The average Bonchev–Trinajstić information content (AvgIpc) is 2.46. The van der Waals surface area contributed by atoms with Crippen molar-refractivity contribution in [1.82, 2.24) is 4.98 Å². The Morgan fingerprint density at radius 2 is 2.21 bits per heavy atom. The third-order valence-electron chi connectivity index (χ3n) is 2.97. The van der Waals surface area contributed by atoms with Gasteiger partial charge in [0, 0.05) is 24.5 Å². The molecular formula is C14H13N3O2. The number of pyridine rings is 1. The predicted octanol–water partition coefficient (Wildman–Crippen LogP) is 2.20. The molecule has 0 bridgehead atoms. The summed E-state index contributed by atoms with van der Waals surface area (Å²) in [7, 11) is 1.83. The second-order valence-corrected chi connectivity index (χ2v) is 4.21. The number of aromatic nitrogens is 1. The molecule has 5 heteroatoms. The van der Waals surface area contributed by atoms with E-state index in [1.807, 2.05) is 31.3 Å². The maximum atomic E-state index is 12.1. The van der Waals surface area contributed by atoms with Crippen LogP contribution in [0.2, 0.25) is 0 Å². The number of amides is 1. The van der Waals surface area contributed by atoms with E-state index in [9.17, 15) is 4.79 Å². The minimum Gasteiger partial charge on any atom is -0.472 e. The lowest BCUT2D eigenvalue weighted by Crippen LogP contribution is -2.30. The van der Waals surface area contributed by atoms with Gasteiger partial charge in [0.15, 0.2) is 11.6 Å². The van der Waals surface area contributed by atoms with E-state index in [-0.39, 0.29) is 5.91 Å². The molecule has 1 atom stereocenters. The van der Waals surface area contributed by atoms with Crippen molar-refractivity contribution in [3.05, 3.63) is 48.2 Å². The molecule has 0 aliphatic carbocycles. The van der Waals surface area contributed by atoms with Crippen molar-refractivity contribution in [1.29, 1.82) is 0 Å². The first-order chi connectivity index (χ1) is 9.28. The Morgan fingerprint density at radius 3 is 3.05 bits per heavy atom. The van der Waals surface area contributed by atoms with Crippen LogP contribution in [0.3, 0.4) is 0 Å². The van der Waals surface area contributed by atoms with Crippen molar-refractivity contribution in [2.24, 2.45) is 0 Å². The molecule has 1 aliphatic heterocycles. The maximum absolute atomic E-state index is 12.1. The molecule has 2 N–H and O–H groups in total. The van der Waals surface area contributed by atoms with Gasteiger partial charge in [0.25, 0.3) is 5.91 Å². The summed E-state index contributed by atoms with van der Waals surface area (Å²) in [6, 6.07) is 11.1. The molecule has 1 aromatic carbocycles. The van der Waals surface area contributed by atoms with Crippen molar-refractivity contribution in [2.75, 3.05) is 17.7 Å². The van der Waals surface area contributed by atoms with Crippen LogP contribution in [0.5, 0.6) is 5.75 Å². The molecule has 0 saturated heterocycles. The topological polar surface area (TPSA) is 63.2 Å². The molecule has 96 valence electrons. The van der Waals surface area contributed by atoms with E-state index in [4.69, 9.17) is 4.74 Å². The number of carbonyl (C=O) groups is 1. The Bertz CT molecular complexity index is 628. The Morgan fingerprint density at radius 1 is 1.32 bits per heavy atom. The second-order valence-electron chi connectivity index (χ2n) is 4.21. The van der Waals surface area contributed by atoms with E-state index in [0.29, 0.717) is 11.6 Å². The SMILES string of the molecule is CNc1cccc(C2Oc3cccnc3NC2=O)c1. The molecule has 2 aromatic rings. The summed E-state index contributed by atoms with van der Waals surface area (Å²) in [5.74, 6) is 0.843. The number of ether oxygens (including phenoxy) is 1. The number of rotatable bonds is 2. The average molecular weight is 255 g/mol. The highest BCUT2D eigenvalue weighted by Crippen LogP contribution is 2.33. The summed E-state index contributed by atoms with van der Waals surface area (Å²) in [5.41, 5.74) is 1.74. The highest BCUT2D eigenvalue weighted by atomic mass is 16.5.